The lowest BCUT2D eigenvalue weighted by atomic mass is 10.0. The maximum absolute atomic E-state index is 12.2. The molecule has 1 heterocycles. The van der Waals surface area contributed by atoms with E-state index in [0.29, 0.717) is 18.5 Å². The molecule has 0 radical (unpaired) electrons. The molecule has 8 nitrogen and oxygen atoms in total. The van der Waals surface area contributed by atoms with Gasteiger partial charge in [-0.15, -0.1) is 0 Å². The summed E-state index contributed by atoms with van der Waals surface area (Å²) in [6.45, 7) is 1.44. The number of piperidine rings is 1. The fraction of sp³-hybridized carbons (Fsp3) is 0.444. The van der Waals surface area contributed by atoms with E-state index in [1.807, 2.05) is 13.0 Å². The predicted molar refractivity (Wildman–Crippen MR) is 93.0 cm³/mol. The lowest BCUT2D eigenvalue weighted by Gasteiger charge is -2.33. The Hall–Kier alpha value is -2.90. The van der Waals surface area contributed by atoms with E-state index in [0.717, 1.165) is 18.4 Å². The maximum atomic E-state index is 12.2. The highest BCUT2D eigenvalue weighted by atomic mass is 16.5. The summed E-state index contributed by atoms with van der Waals surface area (Å²) in [5.74, 6) is -2.16. The normalized spacial score (nSPS) is 16.7. The smallest absolute Gasteiger partial charge is 0.325 e. The van der Waals surface area contributed by atoms with Gasteiger partial charge < -0.3 is 20.7 Å². The van der Waals surface area contributed by atoms with E-state index < -0.39 is 36.3 Å². The number of rotatable bonds is 6. The van der Waals surface area contributed by atoms with Crippen molar-refractivity contribution < 1.29 is 23.9 Å². The van der Waals surface area contributed by atoms with E-state index in [2.05, 4.69) is 5.32 Å². The molecule has 1 aromatic carbocycles. The Morgan fingerprint density at radius 3 is 2.73 bits per heavy atom. The zero-order chi connectivity index (χ0) is 19.1. The van der Waals surface area contributed by atoms with Crippen molar-refractivity contribution in [2.75, 3.05) is 19.7 Å². The molecule has 0 saturated carbocycles. The molecule has 0 aromatic heterocycles. The van der Waals surface area contributed by atoms with Gasteiger partial charge in [0.1, 0.15) is 12.6 Å². The molecule has 1 aliphatic heterocycles. The Kier molecular flexibility index (Phi) is 6.71. The van der Waals surface area contributed by atoms with Gasteiger partial charge in [0.05, 0.1) is 0 Å². The van der Waals surface area contributed by atoms with E-state index in [4.69, 9.17) is 10.5 Å². The van der Waals surface area contributed by atoms with Gasteiger partial charge in [0.2, 0.25) is 5.91 Å². The average molecular weight is 361 g/mol. The van der Waals surface area contributed by atoms with Crippen molar-refractivity contribution in [3.8, 4) is 0 Å². The molecule has 3 amide bonds. The molecule has 0 aliphatic carbocycles. The third kappa shape index (κ3) is 5.30. The van der Waals surface area contributed by atoms with Crippen LogP contribution in [0, 0.1) is 6.92 Å². The molecule has 0 bridgehead atoms. The van der Waals surface area contributed by atoms with E-state index >= 15 is 0 Å². The second-order valence-electron chi connectivity index (χ2n) is 6.21. The number of primary amides is 1. The molecule has 8 heteroatoms. The van der Waals surface area contributed by atoms with Crippen molar-refractivity contribution in [2.24, 2.45) is 5.73 Å². The molecule has 0 unspecified atom stereocenters. The van der Waals surface area contributed by atoms with Crippen LogP contribution in [0.15, 0.2) is 24.3 Å². The van der Waals surface area contributed by atoms with Crippen LogP contribution in [0.4, 0.5) is 0 Å². The summed E-state index contributed by atoms with van der Waals surface area (Å²) >= 11 is 0. The quantitative estimate of drug-likeness (QED) is 0.698. The molecule has 1 atom stereocenters. The lowest BCUT2D eigenvalue weighted by molar-refractivity contribution is -0.154. The van der Waals surface area contributed by atoms with Crippen LogP contribution in [0.5, 0.6) is 0 Å². The summed E-state index contributed by atoms with van der Waals surface area (Å²) < 4.78 is 4.90. The van der Waals surface area contributed by atoms with Crippen LogP contribution < -0.4 is 11.1 Å². The monoisotopic (exact) mass is 361 g/mol. The van der Waals surface area contributed by atoms with E-state index in [9.17, 15) is 19.2 Å². The zero-order valence-electron chi connectivity index (χ0n) is 14.7. The number of ether oxygens (including phenoxy) is 1. The molecule has 26 heavy (non-hydrogen) atoms. The topological polar surface area (TPSA) is 119 Å². The third-order valence-corrected chi connectivity index (χ3v) is 4.18. The lowest BCUT2D eigenvalue weighted by Crippen LogP contribution is -2.51. The van der Waals surface area contributed by atoms with Crippen LogP contribution >= 0.6 is 0 Å². The summed E-state index contributed by atoms with van der Waals surface area (Å²) in [5, 5.41) is 2.44. The second kappa shape index (κ2) is 8.98. The van der Waals surface area contributed by atoms with Gasteiger partial charge in [0.25, 0.3) is 11.8 Å². The Balaban J connectivity index is 1.78. The van der Waals surface area contributed by atoms with Crippen LogP contribution in [0.2, 0.25) is 0 Å². The molecule has 1 aromatic rings. The van der Waals surface area contributed by atoms with Crippen LogP contribution in [0.1, 0.15) is 35.2 Å². The van der Waals surface area contributed by atoms with Crippen molar-refractivity contribution in [2.45, 2.75) is 32.2 Å². The van der Waals surface area contributed by atoms with Gasteiger partial charge >= 0.3 is 5.97 Å². The van der Waals surface area contributed by atoms with Crippen molar-refractivity contribution in [1.82, 2.24) is 10.2 Å². The number of carbonyl (C=O) groups is 4. The van der Waals surface area contributed by atoms with Crippen molar-refractivity contribution in [3.05, 3.63) is 35.4 Å². The number of benzene rings is 1. The number of hydrogen-bond donors (Lipinski definition) is 2. The van der Waals surface area contributed by atoms with Gasteiger partial charge in [0.15, 0.2) is 6.61 Å². The average Bonchev–Trinajstić information content (AvgIpc) is 2.64. The number of hydrogen-bond acceptors (Lipinski definition) is 5. The van der Waals surface area contributed by atoms with Crippen LogP contribution in [-0.4, -0.2) is 54.3 Å². The van der Waals surface area contributed by atoms with Gasteiger partial charge in [-0.25, -0.2) is 0 Å². The van der Waals surface area contributed by atoms with Crippen LogP contribution in [-0.2, 0) is 19.1 Å². The van der Waals surface area contributed by atoms with Crippen LogP contribution in [0.25, 0.3) is 0 Å². The molecule has 2 rings (SSSR count). The fourth-order valence-corrected chi connectivity index (χ4v) is 2.84. The summed E-state index contributed by atoms with van der Waals surface area (Å²) in [5.41, 5.74) is 6.67. The first-order valence-corrected chi connectivity index (χ1v) is 8.47. The molecule has 140 valence electrons. The number of likely N-dealkylation sites (tertiary alicyclic amines) is 1. The molecule has 1 fully saturated rings. The van der Waals surface area contributed by atoms with Crippen molar-refractivity contribution in [1.29, 1.82) is 0 Å². The minimum atomic E-state index is -0.730. The first-order chi connectivity index (χ1) is 12.4. The number of nitrogens with two attached hydrogens (primary N) is 1. The van der Waals surface area contributed by atoms with Gasteiger partial charge in [-0.3, -0.25) is 19.2 Å². The Labute approximate surface area is 151 Å². The Morgan fingerprint density at radius 1 is 1.27 bits per heavy atom. The molecular weight excluding hydrogens is 338 g/mol. The zero-order valence-corrected chi connectivity index (χ0v) is 14.7. The fourth-order valence-electron chi connectivity index (χ4n) is 2.84. The molecule has 3 N–H and O–H groups in total. The number of amides is 3. The number of aryl methyl sites for hydroxylation is 1. The van der Waals surface area contributed by atoms with E-state index in [1.165, 1.54) is 4.90 Å². The number of esters is 1. The SMILES string of the molecule is Cc1cccc(C(=O)NCC(=O)OCC(=O)N2CCCC[C@@H]2C(N)=O)c1. The number of nitrogens with one attached hydrogen (secondary N) is 1. The summed E-state index contributed by atoms with van der Waals surface area (Å²) in [4.78, 5) is 48.6. The van der Waals surface area contributed by atoms with E-state index in [1.54, 1.807) is 18.2 Å². The first kappa shape index (κ1) is 19.4. The highest BCUT2D eigenvalue weighted by Gasteiger charge is 2.30. The first-order valence-electron chi connectivity index (χ1n) is 8.47. The summed E-state index contributed by atoms with van der Waals surface area (Å²) in [7, 11) is 0. The Bertz CT molecular complexity index is 704. The maximum Gasteiger partial charge on any atom is 0.325 e. The molecule has 0 spiro atoms. The Morgan fingerprint density at radius 2 is 2.04 bits per heavy atom. The highest BCUT2D eigenvalue weighted by Crippen LogP contribution is 2.16. The summed E-state index contributed by atoms with van der Waals surface area (Å²) in [6, 6.07) is 6.28. The molecule has 1 aliphatic rings. The second-order valence-corrected chi connectivity index (χ2v) is 6.21. The largest absolute Gasteiger partial charge is 0.454 e. The van der Waals surface area contributed by atoms with Gasteiger partial charge in [-0.05, 0) is 38.3 Å². The summed E-state index contributed by atoms with van der Waals surface area (Å²) in [6.07, 6.45) is 2.11. The standard InChI is InChI=1S/C18H23N3O5/c1-12-5-4-6-13(9-12)18(25)20-10-16(23)26-11-15(22)21-8-3-2-7-14(21)17(19)24/h4-6,9,14H,2-3,7-8,10-11H2,1H3,(H2,19,24)(H,20,25)/t14-/m1/s1. The van der Waals surface area contributed by atoms with Crippen molar-refractivity contribution >= 4 is 23.7 Å². The molecule has 1 saturated heterocycles. The van der Waals surface area contributed by atoms with Gasteiger partial charge in [-0.2, -0.15) is 0 Å². The predicted octanol–water partition coefficient (Wildman–Crippen LogP) is 0.134. The van der Waals surface area contributed by atoms with Gasteiger partial charge in [0, 0.05) is 12.1 Å². The van der Waals surface area contributed by atoms with Gasteiger partial charge in [-0.1, -0.05) is 17.7 Å². The number of nitrogens with zero attached hydrogens (tertiary/aromatic N) is 1. The number of carbonyl (C=O) groups excluding carboxylic acids is 4. The molecular formula is C18H23N3O5. The van der Waals surface area contributed by atoms with Crippen molar-refractivity contribution in [3.63, 3.8) is 0 Å². The highest BCUT2D eigenvalue weighted by molar-refractivity contribution is 5.96. The minimum absolute atomic E-state index is 0.348. The van der Waals surface area contributed by atoms with Crippen LogP contribution in [0.3, 0.4) is 0 Å². The third-order valence-electron chi connectivity index (χ3n) is 4.18. The minimum Gasteiger partial charge on any atom is -0.454 e. The van der Waals surface area contributed by atoms with E-state index in [-0.39, 0.29) is 6.54 Å².